The molecule has 1 aliphatic rings. The van der Waals surface area contributed by atoms with Crippen LogP contribution < -0.4 is 5.73 Å². The highest BCUT2D eigenvalue weighted by Gasteiger charge is 2.25. The normalized spacial score (nSPS) is 13.9. The molecule has 4 rings (SSSR count). The van der Waals surface area contributed by atoms with E-state index < -0.39 is 0 Å². The zero-order valence-electron chi connectivity index (χ0n) is 14.3. The summed E-state index contributed by atoms with van der Waals surface area (Å²) in [7, 11) is 0. The molecule has 0 atom stereocenters. The second-order valence-electron chi connectivity index (χ2n) is 6.47. The van der Waals surface area contributed by atoms with Crippen molar-refractivity contribution in [3.63, 3.8) is 0 Å². The molecule has 1 amide bonds. The van der Waals surface area contributed by atoms with Crippen molar-refractivity contribution in [1.29, 1.82) is 0 Å². The van der Waals surface area contributed by atoms with Gasteiger partial charge in [-0.1, -0.05) is 25.1 Å². The summed E-state index contributed by atoms with van der Waals surface area (Å²) >= 11 is 0. The number of nitrogens with zero attached hydrogens (tertiary/aromatic N) is 4. The standard InChI is InChI=1S/C19H21N5O/c1-2-8-23-12-15(14-5-3-4-6-17(14)23)19(25)24-9-7-16-13(11-24)10-18(20)22-21-16/h3-6,10,12H,2,7-9,11H2,1H3,(H2,20,22). The fourth-order valence-electron chi connectivity index (χ4n) is 3.53. The Hall–Kier alpha value is -2.89. The van der Waals surface area contributed by atoms with Crippen molar-refractivity contribution in [2.24, 2.45) is 0 Å². The number of rotatable bonds is 3. The molecule has 0 bridgehead atoms. The van der Waals surface area contributed by atoms with Gasteiger partial charge in [-0.05, 0) is 24.1 Å². The number of nitrogen functional groups attached to an aromatic ring is 1. The van der Waals surface area contributed by atoms with E-state index in [1.165, 1.54) is 0 Å². The van der Waals surface area contributed by atoms with Crippen molar-refractivity contribution in [3.8, 4) is 0 Å². The van der Waals surface area contributed by atoms with E-state index in [1.54, 1.807) is 0 Å². The van der Waals surface area contributed by atoms with E-state index in [9.17, 15) is 4.79 Å². The minimum atomic E-state index is 0.0621. The average molecular weight is 335 g/mol. The first-order valence-corrected chi connectivity index (χ1v) is 8.65. The number of aromatic nitrogens is 3. The molecule has 3 aromatic rings. The number of fused-ring (bicyclic) bond motifs is 2. The van der Waals surface area contributed by atoms with E-state index in [1.807, 2.05) is 35.4 Å². The first kappa shape index (κ1) is 15.6. The summed E-state index contributed by atoms with van der Waals surface area (Å²) in [5, 5.41) is 9.07. The molecule has 128 valence electrons. The van der Waals surface area contributed by atoms with E-state index >= 15 is 0 Å². The van der Waals surface area contributed by atoms with Crippen LogP contribution in [-0.2, 0) is 19.5 Å². The van der Waals surface area contributed by atoms with Gasteiger partial charge in [0, 0.05) is 43.2 Å². The number of carbonyl (C=O) groups excluding carboxylic acids is 1. The molecule has 2 N–H and O–H groups in total. The summed E-state index contributed by atoms with van der Waals surface area (Å²) in [6, 6.07) is 9.92. The third kappa shape index (κ3) is 2.73. The maximum atomic E-state index is 13.2. The summed E-state index contributed by atoms with van der Waals surface area (Å²) in [6.45, 7) is 4.23. The lowest BCUT2D eigenvalue weighted by Gasteiger charge is -2.27. The topological polar surface area (TPSA) is 77.0 Å². The monoisotopic (exact) mass is 335 g/mol. The molecular formula is C19H21N5O. The number of hydrogen-bond acceptors (Lipinski definition) is 4. The van der Waals surface area contributed by atoms with Gasteiger partial charge in [0.1, 0.15) is 5.82 Å². The van der Waals surface area contributed by atoms with E-state index in [4.69, 9.17) is 5.73 Å². The van der Waals surface area contributed by atoms with Crippen LogP contribution in [-0.4, -0.2) is 32.1 Å². The minimum absolute atomic E-state index is 0.0621. The third-order valence-electron chi connectivity index (χ3n) is 4.73. The quantitative estimate of drug-likeness (QED) is 0.798. The molecule has 0 saturated carbocycles. The Morgan fingerprint density at radius 3 is 2.96 bits per heavy atom. The number of anilines is 1. The van der Waals surface area contributed by atoms with E-state index in [-0.39, 0.29) is 5.91 Å². The van der Waals surface area contributed by atoms with Crippen LogP contribution in [0.25, 0.3) is 10.9 Å². The van der Waals surface area contributed by atoms with Gasteiger partial charge in [-0.25, -0.2) is 0 Å². The van der Waals surface area contributed by atoms with Crippen molar-refractivity contribution in [2.75, 3.05) is 12.3 Å². The van der Waals surface area contributed by atoms with Crippen LogP contribution in [0.4, 0.5) is 5.82 Å². The molecule has 6 heteroatoms. The first-order valence-electron chi connectivity index (χ1n) is 8.65. The lowest BCUT2D eigenvalue weighted by molar-refractivity contribution is 0.0735. The Morgan fingerprint density at radius 1 is 1.28 bits per heavy atom. The second-order valence-corrected chi connectivity index (χ2v) is 6.47. The molecule has 0 fully saturated rings. The van der Waals surface area contributed by atoms with Gasteiger partial charge in [0.25, 0.3) is 5.91 Å². The minimum Gasteiger partial charge on any atom is -0.382 e. The molecule has 0 unspecified atom stereocenters. The summed E-state index contributed by atoms with van der Waals surface area (Å²) in [5.74, 6) is 0.458. The van der Waals surface area contributed by atoms with Crippen molar-refractivity contribution >= 4 is 22.6 Å². The number of nitrogens with two attached hydrogens (primary N) is 1. The SMILES string of the molecule is CCCn1cc(C(=O)N2CCc3nnc(N)cc3C2)c2ccccc21. The average Bonchev–Trinajstić information content (AvgIpc) is 3.00. The van der Waals surface area contributed by atoms with Crippen LogP contribution >= 0.6 is 0 Å². The Kier molecular flexibility index (Phi) is 3.87. The van der Waals surface area contributed by atoms with E-state index in [0.717, 1.165) is 40.7 Å². The summed E-state index contributed by atoms with van der Waals surface area (Å²) in [4.78, 5) is 15.0. The smallest absolute Gasteiger partial charge is 0.256 e. The Labute approximate surface area is 146 Å². The van der Waals surface area contributed by atoms with Gasteiger partial charge in [0.15, 0.2) is 0 Å². The van der Waals surface area contributed by atoms with Crippen molar-refractivity contribution in [3.05, 3.63) is 53.3 Å². The highest BCUT2D eigenvalue weighted by Crippen LogP contribution is 2.26. The van der Waals surface area contributed by atoms with Gasteiger partial charge in [-0.15, -0.1) is 5.10 Å². The maximum absolute atomic E-state index is 13.2. The summed E-state index contributed by atoms with van der Waals surface area (Å²) in [6.07, 6.45) is 3.73. The molecular weight excluding hydrogens is 314 g/mol. The zero-order valence-corrected chi connectivity index (χ0v) is 14.3. The Bertz CT molecular complexity index is 946. The van der Waals surface area contributed by atoms with Crippen molar-refractivity contribution in [2.45, 2.75) is 32.9 Å². The molecule has 1 aliphatic heterocycles. The molecule has 0 saturated heterocycles. The number of amides is 1. The van der Waals surface area contributed by atoms with Crippen LogP contribution in [0.5, 0.6) is 0 Å². The first-order chi connectivity index (χ1) is 12.2. The molecule has 25 heavy (non-hydrogen) atoms. The fourth-order valence-corrected chi connectivity index (χ4v) is 3.53. The Balaban J connectivity index is 1.69. The highest BCUT2D eigenvalue weighted by molar-refractivity contribution is 6.07. The van der Waals surface area contributed by atoms with Crippen LogP contribution in [0.3, 0.4) is 0 Å². The molecule has 0 aliphatic carbocycles. The zero-order chi connectivity index (χ0) is 17.4. The van der Waals surface area contributed by atoms with E-state index in [0.29, 0.717) is 25.3 Å². The van der Waals surface area contributed by atoms with Crippen molar-refractivity contribution in [1.82, 2.24) is 19.7 Å². The predicted octanol–water partition coefficient (Wildman–Crippen LogP) is 2.62. The number of para-hydroxylation sites is 1. The molecule has 3 heterocycles. The fraction of sp³-hybridized carbons (Fsp3) is 0.316. The van der Waals surface area contributed by atoms with Gasteiger partial charge in [0.2, 0.25) is 0 Å². The predicted molar refractivity (Wildman–Crippen MR) is 97.1 cm³/mol. The highest BCUT2D eigenvalue weighted by atomic mass is 16.2. The van der Waals surface area contributed by atoms with Crippen LogP contribution in [0.2, 0.25) is 0 Å². The summed E-state index contributed by atoms with van der Waals surface area (Å²) < 4.78 is 2.17. The number of hydrogen-bond donors (Lipinski definition) is 1. The van der Waals surface area contributed by atoms with Crippen LogP contribution in [0.15, 0.2) is 36.5 Å². The van der Waals surface area contributed by atoms with Crippen LogP contribution in [0, 0.1) is 0 Å². The van der Waals surface area contributed by atoms with Gasteiger partial charge in [-0.3, -0.25) is 4.79 Å². The lowest BCUT2D eigenvalue weighted by Crippen LogP contribution is -2.36. The molecule has 2 aromatic heterocycles. The molecule has 1 aromatic carbocycles. The number of carbonyl (C=O) groups is 1. The second kappa shape index (κ2) is 6.20. The molecule has 0 spiro atoms. The molecule has 6 nitrogen and oxygen atoms in total. The van der Waals surface area contributed by atoms with E-state index in [2.05, 4.69) is 27.8 Å². The lowest BCUT2D eigenvalue weighted by atomic mass is 10.0. The summed E-state index contributed by atoms with van der Waals surface area (Å²) in [5.41, 5.74) is 9.55. The third-order valence-corrected chi connectivity index (χ3v) is 4.73. The Morgan fingerprint density at radius 2 is 2.12 bits per heavy atom. The van der Waals surface area contributed by atoms with Gasteiger partial charge in [0.05, 0.1) is 11.3 Å². The van der Waals surface area contributed by atoms with Crippen LogP contribution in [0.1, 0.15) is 35.0 Å². The van der Waals surface area contributed by atoms with Gasteiger partial charge >= 0.3 is 0 Å². The van der Waals surface area contributed by atoms with Gasteiger partial charge in [-0.2, -0.15) is 5.10 Å². The number of aryl methyl sites for hydroxylation is 1. The molecule has 0 radical (unpaired) electrons. The van der Waals surface area contributed by atoms with Crippen molar-refractivity contribution < 1.29 is 4.79 Å². The van der Waals surface area contributed by atoms with Gasteiger partial charge < -0.3 is 15.2 Å². The number of benzene rings is 1. The largest absolute Gasteiger partial charge is 0.382 e. The maximum Gasteiger partial charge on any atom is 0.256 e.